The zero-order valence-electron chi connectivity index (χ0n) is 11.7. The number of aromatic nitrogens is 4. The van der Waals surface area contributed by atoms with Crippen molar-refractivity contribution in [1.82, 2.24) is 19.5 Å². The molecule has 0 amide bonds. The summed E-state index contributed by atoms with van der Waals surface area (Å²) in [6.07, 6.45) is 3.41. The minimum absolute atomic E-state index is 0.0177. The van der Waals surface area contributed by atoms with Crippen LogP contribution in [0.15, 0.2) is 12.5 Å². The van der Waals surface area contributed by atoms with E-state index in [1.54, 1.807) is 0 Å². The molecule has 0 bridgehead atoms. The van der Waals surface area contributed by atoms with E-state index in [-0.39, 0.29) is 5.95 Å². The third-order valence-corrected chi connectivity index (χ3v) is 3.72. The first kappa shape index (κ1) is 14.7. The van der Waals surface area contributed by atoms with Crippen LogP contribution in [-0.4, -0.2) is 58.8 Å². The summed E-state index contributed by atoms with van der Waals surface area (Å²) in [5.41, 5.74) is 4.23. The van der Waals surface area contributed by atoms with Gasteiger partial charge in [0.05, 0.1) is 18.6 Å². The fraction of sp³-hybridized carbons (Fsp3) is 0.462. The van der Waals surface area contributed by atoms with Gasteiger partial charge in [0, 0.05) is 0 Å². The van der Waals surface area contributed by atoms with Gasteiger partial charge < -0.3 is 25.8 Å². The number of hydrogen-bond donors (Lipinski definition) is 4. The summed E-state index contributed by atoms with van der Waals surface area (Å²) in [6.45, 7) is 1.43. The second kappa shape index (κ2) is 4.89. The number of aliphatic hydroxyl groups excluding tert-OH is 2. The summed E-state index contributed by atoms with van der Waals surface area (Å²) < 4.78 is 6.92. The molecule has 0 saturated carbocycles. The highest BCUT2D eigenvalue weighted by Crippen LogP contribution is 2.40. The van der Waals surface area contributed by atoms with Crippen LogP contribution in [0.25, 0.3) is 11.2 Å². The lowest BCUT2D eigenvalue weighted by molar-refractivity contribution is -0.0846. The van der Waals surface area contributed by atoms with E-state index in [2.05, 4.69) is 20.9 Å². The fourth-order valence-corrected chi connectivity index (χ4v) is 2.55. The van der Waals surface area contributed by atoms with Gasteiger partial charge >= 0.3 is 0 Å². The Hall–Kier alpha value is -2.25. The maximum Gasteiger partial charge on any atom is 0.222 e. The van der Waals surface area contributed by atoms with Gasteiger partial charge in [-0.2, -0.15) is 4.98 Å². The molecule has 3 rings (SSSR count). The summed E-state index contributed by atoms with van der Waals surface area (Å²) >= 11 is 0. The lowest BCUT2D eigenvalue weighted by Crippen LogP contribution is -2.47. The number of aliphatic hydroxyl groups is 3. The van der Waals surface area contributed by atoms with E-state index < -0.39 is 30.1 Å². The highest BCUT2D eigenvalue weighted by atomic mass is 16.6. The van der Waals surface area contributed by atoms with Crippen molar-refractivity contribution < 1.29 is 20.1 Å². The van der Waals surface area contributed by atoms with E-state index in [9.17, 15) is 15.3 Å². The Morgan fingerprint density at radius 3 is 2.91 bits per heavy atom. The van der Waals surface area contributed by atoms with Crippen molar-refractivity contribution in [2.45, 2.75) is 37.1 Å². The molecule has 1 saturated heterocycles. The van der Waals surface area contributed by atoms with Crippen LogP contribution in [0, 0.1) is 12.3 Å². The van der Waals surface area contributed by atoms with Gasteiger partial charge in [-0.3, -0.25) is 4.57 Å². The molecule has 22 heavy (non-hydrogen) atoms. The van der Waals surface area contributed by atoms with Crippen molar-refractivity contribution in [2.75, 3.05) is 5.73 Å². The molecule has 2 aromatic heterocycles. The van der Waals surface area contributed by atoms with Gasteiger partial charge in [-0.1, -0.05) is 5.92 Å². The molecule has 1 unspecified atom stereocenters. The predicted octanol–water partition coefficient (Wildman–Crippen LogP) is -1.59. The summed E-state index contributed by atoms with van der Waals surface area (Å²) in [5, 5.41) is 30.5. The predicted molar refractivity (Wildman–Crippen MR) is 75.1 cm³/mol. The Morgan fingerprint density at radius 1 is 1.55 bits per heavy atom. The quantitative estimate of drug-likeness (QED) is 0.487. The Labute approximate surface area is 125 Å². The second-order valence-corrected chi connectivity index (χ2v) is 5.20. The van der Waals surface area contributed by atoms with Gasteiger partial charge in [0.25, 0.3) is 0 Å². The van der Waals surface area contributed by atoms with Crippen LogP contribution in [0.2, 0.25) is 0 Å². The van der Waals surface area contributed by atoms with Gasteiger partial charge in [0.15, 0.2) is 17.5 Å². The zero-order chi connectivity index (χ0) is 16.1. The molecule has 1 aliphatic rings. The van der Waals surface area contributed by atoms with E-state index in [1.165, 1.54) is 24.0 Å². The normalized spacial score (nSPS) is 33.0. The van der Waals surface area contributed by atoms with Gasteiger partial charge in [-0.05, 0) is 6.92 Å². The molecule has 5 atom stereocenters. The minimum Gasteiger partial charge on any atom is -0.391 e. The molecule has 0 aromatic carbocycles. The molecule has 2 aromatic rings. The average Bonchev–Trinajstić information content (AvgIpc) is 2.99. The second-order valence-electron chi connectivity index (χ2n) is 5.20. The molecule has 116 valence electrons. The standard InChI is InChI=1S/C13H15N5O4/c1-3-13(21)9(20)8(6(2)19)22-11(13)18-5-16-7-4-15-12(14)17-10(7)18/h1,4-6,8-9,11,19-21H,2H3,(H2,14,15,17)/t6-,8+,9?,11+,13+/m0/s1. The number of fused-ring (bicyclic) bond motifs is 1. The first-order chi connectivity index (χ1) is 10.4. The maximum atomic E-state index is 10.6. The molecule has 5 N–H and O–H groups in total. The molecule has 3 heterocycles. The van der Waals surface area contributed by atoms with Crippen LogP contribution in [-0.2, 0) is 4.74 Å². The maximum absolute atomic E-state index is 10.6. The summed E-state index contributed by atoms with van der Waals surface area (Å²) in [5.74, 6) is 2.16. The molecule has 9 nitrogen and oxygen atoms in total. The van der Waals surface area contributed by atoms with E-state index in [4.69, 9.17) is 16.9 Å². The number of hydrogen-bond acceptors (Lipinski definition) is 8. The average molecular weight is 305 g/mol. The third-order valence-electron chi connectivity index (χ3n) is 3.72. The Kier molecular flexibility index (Phi) is 3.26. The van der Waals surface area contributed by atoms with Gasteiger partial charge in [-0.25, -0.2) is 9.97 Å². The van der Waals surface area contributed by atoms with Crippen LogP contribution in [0.3, 0.4) is 0 Å². The van der Waals surface area contributed by atoms with Crippen molar-refractivity contribution >= 4 is 17.1 Å². The first-order valence-electron chi connectivity index (χ1n) is 6.55. The number of ether oxygens (including phenoxy) is 1. The minimum atomic E-state index is -2.05. The first-order valence-corrected chi connectivity index (χ1v) is 6.55. The monoisotopic (exact) mass is 305 g/mol. The number of terminal acetylenes is 1. The summed E-state index contributed by atoms with van der Waals surface area (Å²) in [6, 6.07) is 0. The topological polar surface area (TPSA) is 140 Å². The van der Waals surface area contributed by atoms with E-state index in [1.807, 2.05) is 0 Å². The van der Waals surface area contributed by atoms with Crippen molar-refractivity contribution in [3.05, 3.63) is 12.5 Å². The van der Waals surface area contributed by atoms with Gasteiger partial charge in [0.1, 0.15) is 17.7 Å². The number of nitrogens with two attached hydrogens (primary N) is 1. The Bertz CT molecular complexity index is 754. The van der Waals surface area contributed by atoms with Crippen LogP contribution in [0.1, 0.15) is 13.2 Å². The van der Waals surface area contributed by atoms with E-state index in [0.717, 1.165) is 0 Å². The molecule has 0 radical (unpaired) electrons. The fourth-order valence-electron chi connectivity index (χ4n) is 2.55. The van der Waals surface area contributed by atoms with Crippen LogP contribution < -0.4 is 5.73 Å². The SMILES string of the molecule is C#C[C@@]1(O)C(O)[C@@H]([C@H](C)O)O[C@H]1n1cnc2cnc(N)nc21. The molecule has 1 aliphatic heterocycles. The zero-order valence-corrected chi connectivity index (χ0v) is 11.7. The van der Waals surface area contributed by atoms with Crippen LogP contribution >= 0.6 is 0 Å². The third kappa shape index (κ3) is 1.93. The highest BCUT2D eigenvalue weighted by molar-refractivity contribution is 5.70. The van der Waals surface area contributed by atoms with E-state index in [0.29, 0.717) is 11.2 Å². The number of nitrogen functional groups attached to an aromatic ring is 1. The van der Waals surface area contributed by atoms with Gasteiger partial charge in [-0.15, -0.1) is 6.42 Å². The van der Waals surface area contributed by atoms with Crippen molar-refractivity contribution in [1.29, 1.82) is 0 Å². The lowest BCUT2D eigenvalue weighted by Gasteiger charge is -2.26. The molecule has 0 spiro atoms. The number of rotatable bonds is 2. The van der Waals surface area contributed by atoms with Crippen molar-refractivity contribution in [2.24, 2.45) is 0 Å². The summed E-state index contributed by atoms with van der Waals surface area (Å²) in [7, 11) is 0. The van der Waals surface area contributed by atoms with Crippen molar-refractivity contribution in [3.8, 4) is 12.3 Å². The Morgan fingerprint density at radius 2 is 2.27 bits per heavy atom. The van der Waals surface area contributed by atoms with Crippen LogP contribution in [0.4, 0.5) is 5.95 Å². The molecule has 1 fully saturated rings. The number of imidazole rings is 1. The number of nitrogens with zero attached hydrogens (tertiary/aromatic N) is 4. The lowest BCUT2D eigenvalue weighted by atomic mass is 9.93. The number of anilines is 1. The van der Waals surface area contributed by atoms with Crippen molar-refractivity contribution in [3.63, 3.8) is 0 Å². The van der Waals surface area contributed by atoms with Crippen LogP contribution in [0.5, 0.6) is 0 Å². The Balaban J connectivity index is 2.13. The molecule has 0 aliphatic carbocycles. The smallest absolute Gasteiger partial charge is 0.222 e. The molecular weight excluding hydrogens is 290 g/mol. The van der Waals surface area contributed by atoms with E-state index >= 15 is 0 Å². The summed E-state index contributed by atoms with van der Waals surface area (Å²) in [4.78, 5) is 11.9. The highest BCUT2D eigenvalue weighted by Gasteiger charge is 2.57. The largest absolute Gasteiger partial charge is 0.391 e. The molecule has 9 heteroatoms. The molecular formula is C13H15N5O4. The van der Waals surface area contributed by atoms with Gasteiger partial charge in [0.2, 0.25) is 5.95 Å².